The molecule has 0 spiro atoms. The molecule has 1 aliphatic carbocycles. The second-order valence-corrected chi connectivity index (χ2v) is 5.85. The third-order valence-corrected chi connectivity index (χ3v) is 4.52. The topological polar surface area (TPSA) is 26.0 Å². The Balaban J connectivity index is 2.16. The van der Waals surface area contributed by atoms with Crippen molar-refractivity contribution in [2.24, 2.45) is 11.7 Å². The highest BCUT2D eigenvalue weighted by Gasteiger charge is 2.24. The molecule has 1 saturated carbocycles. The Kier molecular flexibility index (Phi) is 3.81. The third-order valence-electron chi connectivity index (χ3n) is 3.64. The molecule has 1 aromatic rings. The summed E-state index contributed by atoms with van der Waals surface area (Å²) in [4.78, 5) is 1.44. The molecule has 15 heavy (non-hydrogen) atoms. The number of thiophene rings is 1. The zero-order valence-electron chi connectivity index (χ0n) is 9.54. The van der Waals surface area contributed by atoms with E-state index in [-0.39, 0.29) is 0 Å². The number of hydrogen-bond acceptors (Lipinski definition) is 2. The summed E-state index contributed by atoms with van der Waals surface area (Å²) < 4.78 is 0. The number of nitrogens with two attached hydrogens (primary N) is 1. The molecule has 1 fully saturated rings. The van der Waals surface area contributed by atoms with Crippen LogP contribution in [0.4, 0.5) is 0 Å². The fraction of sp³-hybridized carbons (Fsp3) is 0.692. The first-order chi connectivity index (χ1) is 7.31. The first kappa shape index (κ1) is 11.2. The minimum Gasteiger partial charge on any atom is -0.330 e. The first-order valence-corrected chi connectivity index (χ1v) is 6.94. The van der Waals surface area contributed by atoms with Crippen molar-refractivity contribution in [2.45, 2.75) is 44.9 Å². The Morgan fingerprint density at radius 1 is 1.33 bits per heavy atom. The zero-order chi connectivity index (χ0) is 10.7. The van der Waals surface area contributed by atoms with Gasteiger partial charge in [-0.05, 0) is 55.2 Å². The molecule has 1 aliphatic rings. The first-order valence-electron chi connectivity index (χ1n) is 6.06. The van der Waals surface area contributed by atoms with Crippen LogP contribution in [0.3, 0.4) is 0 Å². The zero-order valence-corrected chi connectivity index (χ0v) is 10.4. The lowest BCUT2D eigenvalue weighted by molar-refractivity contribution is 0.409. The SMILES string of the molecule is Cc1cc(C2CCCCCC2CN)cs1. The summed E-state index contributed by atoms with van der Waals surface area (Å²) in [5, 5.41) is 2.34. The maximum Gasteiger partial charge on any atom is 0.00171 e. The Morgan fingerprint density at radius 3 is 2.80 bits per heavy atom. The van der Waals surface area contributed by atoms with Crippen molar-refractivity contribution >= 4 is 11.3 Å². The van der Waals surface area contributed by atoms with Crippen LogP contribution in [0, 0.1) is 12.8 Å². The van der Waals surface area contributed by atoms with Crippen LogP contribution in [0.1, 0.15) is 48.5 Å². The van der Waals surface area contributed by atoms with Gasteiger partial charge >= 0.3 is 0 Å². The van der Waals surface area contributed by atoms with Crippen LogP contribution >= 0.6 is 11.3 Å². The number of hydrogen-bond donors (Lipinski definition) is 1. The molecule has 0 saturated heterocycles. The van der Waals surface area contributed by atoms with E-state index >= 15 is 0 Å². The van der Waals surface area contributed by atoms with E-state index in [1.54, 1.807) is 5.56 Å². The van der Waals surface area contributed by atoms with E-state index in [0.29, 0.717) is 0 Å². The van der Waals surface area contributed by atoms with Crippen molar-refractivity contribution in [1.29, 1.82) is 0 Å². The van der Waals surface area contributed by atoms with Crippen molar-refractivity contribution in [2.75, 3.05) is 6.54 Å². The van der Waals surface area contributed by atoms with Gasteiger partial charge in [-0.3, -0.25) is 0 Å². The fourth-order valence-electron chi connectivity index (χ4n) is 2.76. The largest absolute Gasteiger partial charge is 0.330 e. The molecule has 1 heterocycles. The van der Waals surface area contributed by atoms with Gasteiger partial charge in [-0.25, -0.2) is 0 Å². The predicted molar refractivity (Wildman–Crippen MR) is 67.4 cm³/mol. The normalized spacial score (nSPS) is 27.6. The molecule has 0 radical (unpaired) electrons. The second kappa shape index (κ2) is 5.13. The highest BCUT2D eigenvalue weighted by molar-refractivity contribution is 7.10. The van der Waals surface area contributed by atoms with Crippen molar-refractivity contribution < 1.29 is 0 Å². The van der Waals surface area contributed by atoms with Crippen LogP contribution in [0.25, 0.3) is 0 Å². The average molecular weight is 223 g/mol. The van der Waals surface area contributed by atoms with Gasteiger partial charge in [0.25, 0.3) is 0 Å². The minimum absolute atomic E-state index is 0.724. The summed E-state index contributed by atoms with van der Waals surface area (Å²) in [7, 11) is 0. The van der Waals surface area contributed by atoms with Crippen molar-refractivity contribution in [3.05, 3.63) is 21.9 Å². The molecular formula is C13H21NS. The smallest absolute Gasteiger partial charge is 0.00171 e. The highest BCUT2D eigenvalue weighted by Crippen LogP contribution is 2.37. The van der Waals surface area contributed by atoms with E-state index in [1.165, 1.54) is 37.0 Å². The van der Waals surface area contributed by atoms with Crippen LogP contribution in [-0.2, 0) is 0 Å². The van der Waals surface area contributed by atoms with Gasteiger partial charge in [0.2, 0.25) is 0 Å². The maximum absolute atomic E-state index is 5.91. The Labute approximate surface area is 96.7 Å². The van der Waals surface area contributed by atoms with Crippen LogP contribution in [0.2, 0.25) is 0 Å². The summed E-state index contributed by atoms with van der Waals surface area (Å²) in [6, 6.07) is 2.36. The summed E-state index contributed by atoms with van der Waals surface area (Å²) >= 11 is 1.88. The molecule has 2 atom stereocenters. The van der Waals surface area contributed by atoms with Crippen LogP contribution in [0.15, 0.2) is 11.4 Å². The maximum atomic E-state index is 5.91. The fourth-order valence-corrected chi connectivity index (χ4v) is 3.53. The molecular weight excluding hydrogens is 202 g/mol. The minimum atomic E-state index is 0.724. The molecule has 2 heteroatoms. The quantitative estimate of drug-likeness (QED) is 0.760. The molecule has 2 unspecified atom stereocenters. The Morgan fingerprint density at radius 2 is 2.13 bits per heavy atom. The predicted octanol–water partition coefficient (Wildman–Crippen LogP) is 3.68. The molecule has 0 aromatic carbocycles. The summed E-state index contributed by atoms with van der Waals surface area (Å²) in [5.74, 6) is 1.46. The van der Waals surface area contributed by atoms with Gasteiger partial charge in [0.15, 0.2) is 0 Å². The van der Waals surface area contributed by atoms with Gasteiger partial charge in [-0.2, -0.15) is 0 Å². The van der Waals surface area contributed by atoms with E-state index < -0.39 is 0 Å². The summed E-state index contributed by atoms with van der Waals surface area (Å²) in [5.41, 5.74) is 7.46. The summed E-state index contributed by atoms with van der Waals surface area (Å²) in [6.07, 6.45) is 6.84. The monoisotopic (exact) mass is 223 g/mol. The molecule has 84 valence electrons. The van der Waals surface area contributed by atoms with Crippen LogP contribution < -0.4 is 5.73 Å². The van der Waals surface area contributed by atoms with E-state index in [0.717, 1.165) is 18.4 Å². The van der Waals surface area contributed by atoms with E-state index in [4.69, 9.17) is 5.73 Å². The van der Waals surface area contributed by atoms with Gasteiger partial charge in [0.1, 0.15) is 0 Å². The third kappa shape index (κ3) is 2.61. The lowest BCUT2D eigenvalue weighted by Crippen LogP contribution is -2.20. The van der Waals surface area contributed by atoms with E-state index in [2.05, 4.69) is 18.4 Å². The van der Waals surface area contributed by atoms with Crippen molar-refractivity contribution in [1.82, 2.24) is 0 Å². The Hall–Kier alpha value is -0.340. The van der Waals surface area contributed by atoms with E-state index in [9.17, 15) is 0 Å². The van der Waals surface area contributed by atoms with E-state index in [1.807, 2.05) is 11.3 Å². The molecule has 0 bridgehead atoms. The number of aryl methyl sites for hydroxylation is 1. The molecule has 1 aromatic heterocycles. The molecule has 2 rings (SSSR count). The van der Waals surface area contributed by atoms with Crippen LogP contribution in [0.5, 0.6) is 0 Å². The summed E-state index contributed by atoms with van der Waals surface area (Å²) in [6.45, 7) is 3.06. The van der Waals surface area contributed by atoms with Crippen molar-refractivity contribution in [3.8, 4) is 0 Å². The van der Waals surface area contributed by atoms with Gasteiger partial charge < -0.3 is 5.73 Å². The van der Waals surface area contributed by atoms with Gasteiger partial charge in [-0.15, -0.1) is 11.3 Å². The number of rotatable bonds is 2. The van der Waals surface area contributed by atoms with Crippen LogP contribution in [-0.4, -0.2) is 6.54 Å². The second-order valence-electron chi connectivity index (χ2n) is 4.73. The highest BCUT2D eigenvalue weighted by atomic mass is 32.1. The molecule has 2 N–H and O–H groups in total. The van der Waals surface area contributed by atoms with Crippen molar-refractivity contribution in [3.63, 3.8) is 0 Å². The lowest BCUT2D eigenvalue weighted by atomic mass is 9.84. The van der Waals surface area contributed by atoms with Gasteiger partial charge in [-0.1, -0.05) is 19.3 Å². The Bertz CT molecular complexity index is 305. The molecule has 0 amide bonds. The lowest BCUT2D eigenvalue weighted by Gasteiger charge is -2.22. The molecule has 0 aliphatic heterocycles. The standard InChI is InChI=1S/C13H21NS/c1-10-7-12(9-15-10)13-6-4-2-3-5-11(13)8-14/h7,9,11,13H,2-6,8,14H2,1H3. The van der Waals surface area contributed by atoms with Gasteiger partial charge in [0, 0.05) is 4.88 Å². The average Bonchev–Trinajstić information content (AvgIpc) is 2.54. The van der Waals surface area contributed by atoms with Gasteiger partial charge in [0.05, 0.1) is 0 Å². The molecule has 1 nitrogen and oxygen atoms in total.